The minimum atomic E-state index is -0.609. The van der Waals surface area contributed by atoms with Crippen LogP contribution in [0, 0.1) is 5.92 Å². The maximum Gasteiger partial charge on any atom is 0.252 e. The first-order valence-electron chi connectivity index (χ1n) is 10.9. The van der Waals surface area contributed by atoms with Crippen molar-refractivity contribution < 1.29 is 9.59 Å². The highest BCUT2D eigenvalue weighted by Gasteiger charge is 2.27. The van der Waals surface area contributed by atoms with Crippen LogP contribution in [0.15, 0.2) is 61.2 Å². The Labute approximate surface area is 187 Å². The second kappa shape index (κ2) is 10.1. The van der Waals surface area contributed by atoms with E-state index < -0.39 is 6.04 Å². The summed E-state index contributed by atoms with van der Waals surface area (Å²) in [6, 6.07) is 10.3. The fourth-order valence-corrected chi connectivity index (χ4v) is 4.11. The van der Waals surface area contributed by atoms with Gasteiger partial charge < -0.3 is 16.0 Å². The molecule has 1 atom stereocenters. The summed E-state index contributed by atoms with van der Waals surface area (Å²) in [5, 5.41) is 13.2. The summed E-state index contributed by atoms with van der Waals surface area (Å²) in [4.78, 5) is 30.1. The topological polar surface area (TPSA) is 101 Å². The molecule has 2 heterocycles. The molecule has 1 aliphatic rings. The smallest absolute Gasteiger partial charge is 0.252 e. The molecule has 0 radical (unpaired) electrons. The molecule has 4 rings (SSSR count). The molecule has 1 saturated carbocycles. The normalized spacial score (nSPS) is 14.7. The summed E-state index contributed by atoms with van der Waals surface area (Å²) in [5.74, 6) is -0.0448. The van der Waals surface area contributed by atoms with Crippen LogP contribution in [0.4, 0.5) is 17.1 Å². The molecule has 0 spiro atoms. The minimum Gasteiger partial charge on any atom is -0.355 e. The van der Waals surface area contributed by atoms with Crippen molar-refractivity contribution in [1.29, 1.82) is 0 Å². The van der Waals surface area contributed by atoms with Crippen molar-refractivity contribution >= 4 is 28.9 Å². The van der Waals surface area contributed by atoms with Crippen molar-refractivity contribution in [3.05, 3.63) is 66.7 Å². The van der Waals surface area contributed by atoms with Gasteiger partial charge in [-0.05, 0) is 42.7 Å². The number of anilines is 3. The highest BCUT2D eigenvalue weighted by molar-refractivity contribution is 6.01. The average Bonchev–Trinajstić information content (AvgIpc) is 3.45. The van der Waals surface area contributed by atoms with Crippen LogP contribution >= 0.6 is 0 Å². The number of nitrogens with zero attached hydrogens (tertiary/aromatic N) is 3. The summed E-state index contributed by atoms with van der Waals surface area (Å²) >= 11 is 0. The van der Waals surface area contributed by atoms with Crippen molar-refractivity contribution in [2.24, 2.45) is 13.0 Å². The maximum atomic E-state index is 13.0. The molecular formula is C24H28N6O2. The molecule has 0 aliphatic heterocycles. The summed E-state index contributed by atoms with van der Waals surface area (Å²) in [5.41, 5.74) is 2.78. The van der Waals surface area contributed by atoms with Gasteiger partial charge in [0, 0.05) is 42.6 Å². The van der Waals surface area contributed by atoms with E-state index in [9.17, 15) is 9.59 Å². The molecule has 1 aromatic carbocycles. The largest absolute Gasteiger partial charge is 0.355 e. The number of hydrogen-bond acceptors (Lipinski definition) is 5. The number of carbonyl (C=O) groups is 2. The quantitative estimate of drug-likeness (QED) is 0.502. The molecule has 2 aromatic heterocycles. The average molecular weight is 433 g/mol. The second-order valence-electron chi connectivity index (χ2n) is 8.25. The predicted molar refractivity (Wildman–Crippen MR) is 124 cm³/mol. The number of nitrogens with one attached hydrogen (secondary N) is 3. The molecule has 0 saturated heterocycles. The number of pyridine rings is 1. The van der Waals surface area contributed by atoms with Gasteiger partial charge in [-0.15, -0.1) is 0 Å². The van der Waals surface area contributed by atoms with E-state index in [0.717, 1.165) is 24.2 Å². The lowest BCUT2D eigenvalue weighted by molar-refractivity contribution is -0.118. The second-order valence-corrected chi connectivity index (χ2v) is 8.25. The van der Waals surface area contributed by atoms with Crippen LogP contribution in [0.5, 0.6) is 0 Å². The Morgan fingerprint density at radius 2 is 1.88 bits per heavy atom. The molecule has 0 unspecified atom stereocenters. The molecule has 3 N–H and O–H groups in total. The summed E-state index contributed by atoms with van der Waals surface area (Å²) in [7, 11) is 1.79. The van der Waals surface area contributed by atoms with Gasteiger partial charge in [0.2, 0.25) is 5.91 Å². The van der Waals surface area contributed by atoms with Crippen LogP contribution in [0.2, 0.25) is 0 Å². The molecular weight excluding hydrogens is 404 g/mol. The van der Waals surface area contributed by atoms with E-state index >= 15 is 0 Å². The van der Waals surface area contributed by atoms with E-state index in [4.69, 9.17) is 0 Å². The Balaban J connectivity index is 1.46. The third-order valence-electron chi connectivity index (χ3n) is 5.73. The van der Waals surface area contributed by atoms with Crippen molar-refractivity contribution in [3.63, 3.8) is 0 Å². The molecule has 8 nitrogen and oxygen atoms in total. The van der Waals surface area contributed by atoms with E-state index in [-0.39, 0.29) is 11.8 Å². The first-order chi connectivity index (χ1) is 15.6. The number of benzene rings is 1. The van der Waals surface area contributed by atoms with E-state index in [0.29, 0.717) is 23.6 Å². The van der Waals surface area contributed by atoms with E-state index in [1.165, 1.54) is 12.8 Å². The van der Waals surface area contributed by atoms with Gasteiger partial charge in [0.1, 0.15) is 6.04 Å². The number of hydrogen-bond donors (Lipinski definition) is 3. The van der Waals surface area contributed by atoms with Gasteiger partial charge in [0.25, 0.3) is 5.91 Å². The Hall–Kier alpha value is -3.68. The Kier molecular flexibility index (Phi) is 6.79. The molecule has 3 aromatic rings. The lowest BCUT2D eigenvalue weighted by Crippen LogP contribution is -2.44. The van der Waals surface area contributed by atoms with Gasteiger partial charge in [-0.2, -0.15) is 5.10 Å². The molecule has 8 heteroatoms. The van der Waals surface area contributed by atoms with E-state index in [2.05, 4.69) is 26.0 Å². The maximum absolute atomic E-state index is 13.0. The number of rotatable bonds is 8. The van der Waals surface area contributed by atoms with E-state index in [1.54, 1.807) is 48.6 Å². The highest BCUT2D eigenvalue weighted by atomic mass is 16.2. The zero-order valence-corrected chi connectivity index (χ0v) is 18.1. The number of aryl methyl sites for hydroxylation is 1. The highest BCUT2D eigenvalue weighted by Crippen LogP contribution is 2.29. The molecule has 2 amide bonds. The van der Waals surface area contributed by atoms with Gasteiger partial charge in [-0.25, -0.2) is 0 Å². The van der Waals surface area contributed by atoms with Crippen LogP contribution in [0.3, 0.4) is 0 Å². The number of aromatic nitrogens is 3. The van der Waals surface area contributed by atoms with Gasteiger partial charge in [-0.3, -0.25) is 19.3 Å². The number of amides is 2. The van der Waals surface area contributed by atoms with Gasteiger partial charge in [0.15, 0.2) is 0 Å². The first kappa shape index (κ1) is 21.5. The SMILES string of the molecule is Cn1cc(NC(=O)[C@H](CC2CCCC2)NC(=O)c2cccc(Nc3ccncc3)c2)cn1. The lowest BCUT2D eigenvalue weighted by atomic mass is 9.97. The molecule has 166 valence electrons. The van der Waals surface area contributed by atoms with Gasteiger partial charge in [-0.1, -0.05) is 31.7 Å². The monoisotopic (exact) mass is 432 g/mol. The first-order valence-corrected chi connectivity index (χ1v) is 10.9. The standard InChI is InChI=1S/C24H28N6O2/c1-30-16-21(15-26-30)28-24(32)22(13-17-5-2-3-6-17)29-23(31)18-7-4-8-20(14-18)27-19-9-11-25-12-10-19/h4,7-12,14-17,22H,2-3,5-6,13H2,1H3,(H,25,27)(H,28,32)(H,29,31)/t22-/m0/s1. The van der Waals surface area contributed by atoms with E-state index in [1.807, 2.05) is 24.3 Å². The number of carbonyl (C=O) groups excluding carboxylic acids is 2. The van der Waals surface area contributed by atoms with Crippen LogP contribution in [0.1, 0.15) is 42.5 Å². The van der Waals surface area contributed by atoms with Gasteiger partial charge >= 0.3 is 0 Å². The van der Waals surface area contributed by atoms with Crippen molar-refractivity contribution in [2.45, 2.75) is 38.1 Å². The molecule has 0 bridgehead atoms. The lowest BCUT2D eigenvalue weighted by Gasteiger charge is -2.21. The zero-order chi connectivity index (χ0) is 22.3. The van der Waals surface area contributed by atoms with Crippen LogP contribution in [0.25, 0.3) is 0 Å². The fourth-order valence-electron chi connectivity index (χ4n) is 4.11. The zero-order valence-electron chi connectivity index (χ0n) is 18.1. The summed E-state index contributed by atoms with van der Waals surface area (Å²) < 4.78 is 1.63. The summed E-state index contributed by atoms with van der Waals surface area (Å²) in [6.45, 7) is 0. The van der Waals surface area contributed by atoms with Crippen LogP contribution in [-0.2, 0) is 11.8 Å². The summed E-state index contributed by atoms with van der Waals surface area (Å²) in [6.07, 6.45) is 11.9. The molecule has 1 aliphatic carbocycles. The third kappa shape index (κ3) is 5.72. The van der Waals surface area contributed by atoms with Crippen LogP contribution < -0.4 is 16.0 Å². The third-order valence-corrected chi connectivity index (χ3v) is 5.73. The molecule has 32 heavy (non-hydrogen) atoms. The predicted octanol–water partition coefficient (Wildman–Crippen LogP) is 3.88. The Morgan fingerprint density at radius 3 is 2.59 bits per heavy atom. The Morgan fingerprint density at radius 1 is 1.09 bits per heavy atom. The van der Waals surface area contributed by atoms with Crippen molar-refractivity contribution in [2.75, 3.05) is 10.6 Å². The van der Waals surface area contributed by atoms with Crippen molar-refractivity contribution in [1.82, 2.24) is 20.1 Å². The van der Waals surface area contributed by atoms with Crippen molar-refractivity contribution in [3.8, 4) is 0 Å². The fraction of sp³-hybridized carbons (Fsp3) is 0.333. The van der Waals surface area contributed by atoms with Gasteiger partial charge in [0.05, 0.1) is 11.9 Å². The molecule has 1 fully saturated rings. The minimum absolute atomic E-state index is 0.218. The Bertz CT molecular complexity index is 1060. The van der Waals surface area contributed by atoms with Crippen LogP contribution in [-0.4, -0.2) is 32.6 Å².